The van der Waals surface area contributed by atoms with Gasteiger partial charge in [-0.1, -0.05) is 23.7 Å². The molecule has 6 nitrogen and oxygen atoms in total. The summed E-state index contributed by atoms with van der Waals surface area (Å²) in [7, 11) is 2.85. The number of benzene rings is 2. The third kappa shape index (κ3) is 3.92. The van der Waals surface area contributed by atoms with Crippen LogP contribution >= 0.6 is 11.6 Å². The number of rotatable bonds is 5. The van der Waals surface area contributed by atoms with Crippen LogP contribution in [0.25, 0.3) is 0 Å². The van der Waals surface area contributed by atoms with Gasteiger partial charge >= 0.3 is 0 Å². The Morgan fingerprint density at radius 2 is 1.83 bits per heavy atom. The van der Waals surface area contributed by atoms with Gasteiger partial charge in [-0.15, -0.1) is 0 Å². The molecule has 0 saturated carbocycles. The molecule has 2 aromatic carbocycles. The van der Waals surface area contributed by atoms with Crippen molar-refractivity contribution in [2.75, 3.05) is 14.2 Å². The molecule has 0 radical (unpaired) electrons. The summed E-state index contributed by atoms with van der Waals surface area (Å²) >= 11 is 5.94. The fraction of sp³-hybridized carbons (Fsp3) is 0.125. The number of nitrogens with one attached hydrogen (secondary N) is 1. The van der Waals surface area contributed by atoms with Crippen molar-refractivity contribution in [2.45, 2.75) is 0 Å². The molecule has 0 aromatic heterocycles. The number of phenols is 1. The van der Waals surface area contributed by atoms with E-state index >= 15 is 0 Å². The van der Waals surface area contributed by atoms with Gasteiger partial charge in [-0.25, -0.2) is 5.43 Å². The summed E-state index contributed by atoms with van der Waals surface area (Å²) in [6.07, 6.45) is 1.40. The summed E-state index contributed by atoms with van der Waals surface area (Å²) in [4.78, 5) is 12.0. The largest absolute Gasteiger partial charge is 0.502 e. The lowest BCUT2D eigenvalue weighted by molar-refractivity contribution is 0.0955. The Morgan fingerprint density at radius 3 is 2.39 bits per heavy atom. The van der Waals surface area contributed by atoms with Gasteiger partial charge in [-0.2, -0.15) is 5.10 Å². The molecule has 0 spiro atoms. The van der Waals surface area contributed by atoms with E-state index < -0.39 is 5.91 Å². The number of aromatic hydroxyl groups is 1. The average molecular weight is 335 g/mol. The molecule has 120 valence electrons. The fourth-order valence-corrected chi connectivity index (χ4v) is 2.08. The summed E-state index contributed by atoms with van der Waals surface area (Å²) in [5.41, 5.74) is 3.29. The topological polar surface area (TPSA) is 80.2 Å². The van der Waals surface area contributed by atoms with Crippen molar-refractivity contribution in [1.82, 2.24) is 5.43 Å². The molecular weight excluding hydrogens is 320 g/mol. The van der Waals surface area contributed by atoms with E-state index in [0.717, 1.165) is 0 Å². The number of phenolic OH excluding ortho intramolecular Hbond substituents is 1. The molecular formula is C16H15ClN2O4. The van der Waals surface area contributed by atoms with Crippen LogP contribution in [0.1, 0.15) is 15.9 Å². The minimum atomic E-state index is -0.426. The molecule has 2 N–H and O–H groups in total. The summed E-state index contributed by atoms with van der Waals surface area (Å²) in [6.45, 7) is 0. The molecule has 0 aliphatic rings. The number of hydrazone groups is 1. The Labute approximate surface area is 138 Å². The zero-order chi connectivity index (χ0) is 16.8. The molecule has 7 heteroatoms. The molecule has 0 atom stereocenters. The van der Waals surface area contributed by atoms with Gasteiger partial charge in [-0.3, -0.25) is 4.79 Å². The first kappa shape index (κ1) is 16.6. The Morgan fingerprint density at radius 1 is 1.22 bits per heavy atom. The van der Waals surface area contributed by atoms with Gasteiger partial charge in [0.25, 0.3) is 5.91 Å². The zero-order valence-electron chi connectivity index (χ0n) is 12.5. The molecule has 0 bridgehead atoms. The first-order chi connectivity index (χ1) is 11.1. The maximum absolute atomic E-state index is 12.0. The van der Waals surface area contributed by atoms with Gasteiger partial charge in [-0.05, 0) is 24.3 Å². The van der Waals surface area contributed by atoms with Crippen molar-refractivity contribution in [2.24, 2.45) is 5.10 Å². The van der Waals surface area contributed by atoms with E-state index in [2.05, 4.69) is 10.5 Å². The van der Waals surface area contributed by atoms with E-state index in [1.54, 1.807) is 36.4 Å². The number of amides is 1. The predicted molar refractivity (Wildman–Crippen MR) is 87.7 cm³/mol. The quantitative estimate of drug-likeness (QED) is 0.651. The number of ether oxygens (including phenoxy) is 2. The van der Waals surface area contributed by atoms with Crippen molar-refractivity contribution in [3.8, 4) is 17.2 Å². The van der Waals surface area contributed by atoms with E-state index in [1.807, 2.05) is 0 Å². The Balaban J connectivity index is 2.15. The third-order valence-corrected chi connectivity index (χ3v) is 3.33. The van der Waals surface area contributed by atoms with Gasteiger partial charge < -0.3 is 14.6 Å². The van der Waals surface area contributed by atoms with Crippen LogP contribution in [0.2, 0.25) is 5.02 Å². The average Bonchev–Trinajstić information content (AvgIpc) is 2.56. The second kappa shape index (κ2) is 7.51. The number of carbonyl (C=O) groups excluding carboxylic acids is 1. The first-order valence-electron chi connectivity index (χ1n) is 6.59. The maximum atomic E-state index is 12.0. The van der Waals surface area contributed by atoms with Crippen LogP contribution in [-0.4, -0.2) is 31.4 Å². The van der Waals surface area contributed by atoms with Crippen LogP contribution in [-0.2, 0) is 0 Å². The Hall–Kier alpha value is -2.73. The summed E-state index contributed by atoms with van der Waals surface area (Å²) in [5.74, 6) is -0.0525. The predicted octanol–water partition coefficient (Wildman–Crippen LogP) is 2.83. The number of halogens is 1. The maximum Gasteiger partial charge on any atom is 0.272 e. The van der Waals surface area contributed by atoms with Crippen LogP contribution in [0.3, 0.4) is 0 Å². The molecule has 2 aromatic rings. The van der Waals surface area contributed by atoms with Gasteiger partial charge in [0.1, 0.15) is 0 Å². The van der Waals surface area contributed by atoms with Crippen molar-refractivity contribution >= 4 is 23.7 Å². The number of nitrogens with zero attached hydrogens (tertiary/aromatic N) is 1. The van der Waals surface area contributed by atoms with Crippen molar-refractivity contribution < 1.29 is 19.4 Å². The van der Waals surface area contributed by atoms with Crippen molar-refractivity contribution in [3.05, 3.63) is 52.5 Å². The summed E-state index contributed by atoms with van der Waals surface area (Å²) in [6, 6.07) is 9.78. The summed E-state index contributed by atoms with van der Waals surface area (Å²) in [5, 5.41) is 14.0. The molecule has 23 heavy (non-hydrogen) atoms. The first-order valence-corrected chi connectivity index (χ1v) is 6.97. The van der Waals surface area contributed by atoms with Crippen LogP contribution in [0.15, 0.2) is 41.5 Å². The highest BCUT2D eigenvalue weighted by atomic mass is 35.5. The van der Waals surface area contributed by atoms with Crippen LogP contribution in [0.4, 0.5) is 0 Å². The lowest BCUT2D eigenvalue weighted by Crippen LogP contribution is -2.17. The summed E-state index contributed by atoms with van der Waals surface area (Å²) < 4.78 is 10.1. The van der Waals surface area contributed by atoms with Crippen LogP contribution in [0, 0.1) is 0 Å². The lowest BCUT2D eigenvalue weighted by atomic mass is 10.2. The van der Waals surface area contributed by atoms with Crippen LogP contribution < -0.4 is 14.9 Å². The normalized spacial score (nSPS) is 10.6. The third-order valence-electron chi connectivity index (χ3n) is 3.00. The van der Waals surface area contributed by atoms with Crippen LogP contribution in [0.5, 0.6) is 17.2 Å². The van der Waals surface area contributed by atoms with E-state index in [4.69, 9.17) is 21.1 Å². The standard InChI is InChI=1S/C16H15ClN2O4/c1-22-13-7-10(8-14(23-2)15(13)20)9-18-19-16(21)11-5-3-4-6-12(11)17/h3-9,20H,1-2H3,(H,19,21). The molecule has 0 unspecified atom stereocenters. The number of hydrogen-bond donors (Lipinski definition) is 2. The Kier molecular flexibility index (Phi) is 5.43. The van der Waals surface area contributed by atoms with Gasteiger partial charge in [0.05, 0.1) is 31.0 Å². The number of methoxy groups -OCH3 is 2. The fourth-order valence-electron chi connectivity index (χ4n) is 1.86. The second-order valence-corrected chi connectivity index (χ2v) is 4.86. The van der Waals surface area contributed by atoms with Gasteiger partial charge in [0.15, 0.2) is 11.5 Å². The molecule has 0 fully saturated rings. The van der Waals surface area contributed by atoms with Crippen molar-refractivity contribution in [3.63, 3.8) is 0 Å². The number of hydrogen-bond acceptors (Lipinski definition) is 5. The Bertz CT molecular complexity index is 722. The monoisotopic (exact) mass is 334 g/mol. The molecule has 0 saturated heterocycles. The molecule has 0 heterocycles. The van der Waals surface area contributed by atoms with E-state index in [0.29, 0.717) is 16.1 Å². The highest BCUT2D eigenvalue weighted by Crippen LogP contribution is 2.36. The molecule has 2 rings (SSSR count). The van der Waals surface area contributed by atoms with Gasteiger partial charge in [0, 0.05) is 5.56 Å². The van der Waals surface area contributed by atoms with E-state index in [9.17, 15) is 9.90 Å². The molecule has 1 amide bonds. The highest BCUT2D eigenvalue weighted by Gasteiger charge is 2.11. The minimum absolute atomic E-state index is 0.104. The highest BCUT2D eigenvalue weighted by molar-refractivity contribution is 6.33. The number of carbonyl (C=O) groups is 1. The minimum Gasteiger partial charge on any atom is -0.502 e. The van der Waals surface area contributed by atoms with Crippen molar-refractivity contribution in [1.29, 1.82) is 0 Å². The molecule has 0 aliphatic heterocycles. The van der Waals surface area contributed by atoms with E-state index in [-0.39, 0.29) is 17.2 Å². The SMILES string of the molecule is COc1cc(C=NNC(=O)c2ccccc2Cl)cc(OC)c1O. The van der Waals surface area contributed by atoms with E-state index in [1.165, 1.54) is 20.4 Å². The second-order valence-electron chi connectivity index (χ2n) is 4.45. The molecule has 0 aliphatic carbocycles. The smallest absolute Gasteiger partial charge is 0.272 e. The zero-order valence-corrected chi connectivity index (χ0v) is 13.3. The lowest BCUT2D eigenvalue weighted by Gasteiger charge is -2.09. The van der Waals surface area contributed by atoms with Gasteiger partial charge in [0.2, 0.25) is 5.75 Å².